The van der Waals surface area contributed by atoms with Crippen molar-refractivity contribution in [2.75, 3.05) is 52.5 Å². The largest absolute Gasteiger partial charge is 0.395 e. The maximum Gasteiger partial charge on any atom is 0.264 e. The fourth-order valence-corrected chi connectivity index (χ4v) is 3.80. The van der Waals surface area contributed by atoms with E-state index in [1.165, 1.54) is 11.3 Å². The Morgan fingerprint density at radius 1 is 1.26 bits per heavy atom. The van der Waals surface area contributed by atoms with Crippen LogP contribution in [-0.2, 0) is 4.74 Å². The van der Waals surface area contributed by atoms with Gasteiger partial charge in [-0.2, -0.15) is 0 Å². The molecular weight excluding hydrogens is 312 g/mol. The zero-order valence-electron chi connectivity index (χ0n) is 13.1. The molecule has 3 rings (SSSR count). The molecule has 2 aromatic rings. The Morgan fingerprint density at radius 2 is 2.04 bits per heavy atom. The van der Waals surface area contributed by atoms with Gasteiger partial charge < -0.3 is 14.7 Å². The molecule has 1 aliphatic heterocycles. The Morgan fingerprint density at radius 3 is 2.78 bits per heavy atom. The second kappa shape index (κ2) is 7.88. The van der Waals surface area contributed by atoms with Gasteiger partial charge >= 0.3 is 0 Å². The van der Waals surface area contributed by atoms with Crippen LogP contribution < -0.4 is 0 Å². The molecule has 0 radical (unpaired) electrons. The van der Waals surface area contributed by atoms with Crippen LogP contribution in [0.15, 0.2) is 30.3 Å². The summed E-state index contributed by atoms with van der Waals surface area (Å²) in [7, 11) is 0. The van der Waals surface area contributed by atoms with E-state index in [1.54, 1.807) is 4.90 Å². The maximum absolute atomic E-state index is 12.8. The molecule has 1 amide bonds. The highest BCUT2D eigenvalue weighted by molar-refractivity contribution is 7.20. The van der Waals surface area contributed by atoms with Crippen molar-refractivity contribution in [2.45, 2.75) is 0 Å². The number of aliphatic hydroxyl groups is 1. The van der Waals surface area contributed by atoms with Gasteiger partial charge in [-0.15, -0.1) is 11.3 Å². The molecule has 6 heteroatoms. The third-order valence-corrected chi connectivity index (χ3v) is 5.19. The van der Waals surface area contributed by atoms with E-state index >= 15 is 0 Å². The molecule has 1 aromatic heterocycles. The van der Waals surface area contributed by atoms with Gasteiger partial charge in [-0.3, -0.25) is 9.69 Å². The minimum absolute atomic E-state index is 0.00788. The number of carbonyl (C=O) groups excluding carboxylic acids is 1. The van der Waals surface area contributed by atoms with Gasteiger partial charge in [-0.25, -0.2) is 0 Å². The van der Waals surface area contributed by atoms with Crippen LogP contribution in [0.1, 0.15) is 9.67 Å². The fraction of sp³-hybridized carbons (Fsp3) is 0.471. The van der Waals surface area contributed by atoms with Crippen LogP contribution in [0.2, 0.25) is 0 Å². The number of benzene rings is 1. The SMILES string of the molecule is O=C(c1cc2ccccc2s1)N(CCO)CCN1CCOCC1. The highest BCUT2D eigenvalue weighted by Crippen LogP contribution is 2.26. The second-order valence-corrected chi connectivity index (χ2v) is 6.70. The van der Waals surface area contributed by atoms with Crippen molar-refractivity contribution in [1.29, 1.82) is 0 Å². The molecule has 0 aliphatic carbocycles. The van der Waals surface area contributed by atoms with Crippen molar-refractivity contribution in [3.63, 3.8) is 0 Å². The molecule has 0 saturated carbocycles. The van der Waals surface area contributed by atoms with Crippen LogP contribution in [0.3, 0.4) is 0 Å². The van der Waals surface area contributed by atoms with Crippen LogP contribution in [0.4, 0.5) is 0 Å². The fourth-order valence-electron chi connectivity index (χ4n) is 2.77. The van der Waals surface area contributed by atoms with Crippen LogP contribution in [-0.4, -0.2) is 73.4 Å². The summed E-state index contributed by atoms with van der Waals surface area (Å²) in [5.41, 5.74) is 0. The molecule has 0 unspecified atom stereocenters. The Kier molecular flexibility index (Phi) is 5.61. The number of ether oxygens (including phenoxy) is 1. The molecular formula is C17H22N2O3S. The molecule has 23 heavy (non-hydrogen) atoms. The molecule has 5 nitrogen and oxygen atoms in total. The van der Waals surface area contributed by atoms with E-state index in [4.69, 9.17) is 4.74 Å². The monoisotopic (exact) mass is 334 g/mol. The normalized spacial score (nSPS) is 15.9. The lowest BCUT2D eigenvalue weighted by Crippen LogP contribution is -2.43. The number of amides is 1. The summed E-state index contributed by atoms with van der Waals surface area (Å²) in [6.07, 6.45) is 0. The van der Waals surface area contributed by atoms with Crippen LogP contribution >= 0.6 is 11.3 Å². The average Bonchev–Trinajstić information content (AvgIpc) is 3.03. The van der Waals surface area contributed by atoms with Crippen LogP contribution in [0.25, 0.3) is 10.1 Å². The number of rotatable bonds is 6. The number of hydrogen-bond acceptors (Lipinski definition) is 5. The molecule has 1 aliphatic rings. The van der Waals surface area contributed by atoms with E-state index in [0.29, 0.717) is 13.1 Å². The number of carbonyl (C=O) groups is 1. The standard InChI is InChI=1S/C17H22N2O3S/c20-10-7-19(6-5-18-8-11-22-12-9-18)17(21)16-13-14-3-1-2-4-15(14)23-16/h1-4,13,20H,5-12H2. The number of aliphatic hydroxyl groups excluding tert-OH is 1. The predicted octanol–water partition coefficient (Wildman–Crippen LogP) is 1.67. The first kappa shape index (κ1) is 16.4. The van der Waals surface area contributed by atoms with Gasteiger partial charge in [-0.1, -0.05) is 18.2 Å². The third-order valence-electron chi connectivity index (χ3n) is 4.08. The second-order valence-electron chi connectivity index (χ2n) is 5.62. The van der Waals surface area contributed by atoms with Gasteiger partial charge in [0.15, 0.2) is 0 Å². The molecule has 0 bridgehead atoms. The van der Waals surface area contributed by atoms with Crippen molar-refractivity contribution in [3.8, 4) is 0 Å². The van der Waals surface area contributed by atoms with Gasteiger partial charge in [-0.05, 0) is 17.5 Å². The molecule has 0 spiro atoms. The lowest BCUT2D eigenvalue weighted by molar-refractivity contribution is 0.0316. The van der Waals surface area contributed by atoms with Crippen molar-refractivity contribution in [2.24, 2.45) is 0 Å². The zero-order chi connectivity index (χ0) is 16.1. The minimum Gasteiger partial charge on any atom is -0.395 e. The molecule has 1 N–H and O–H groups in total. The quantitative estimate of drug-likeness (QED) is 0.873. The first-order valence-electron chi connectivity index (χ1n) is 7.97. The maximum atomic E-state index is 12.8. The first-order valence-corrected chi connectivity index (χ1v) is 8.78. The summed E-state index contributed by atoms with van der Waals surface area (Å²) in [5.74, 6) is 0.00788. The molecule has 2 heterocycles. The van der Waals surface area contributed by atoms with Gasteiger partial charge in [0, 0.05) is 37.4 Å². The number of thiophene rings is 1. The first-order chi connectivity index (χ1) is 11.3. The van der Waals surface area contributed by atoms with E-state index in [-0.39, 0.29) is 12.5 Å². The summed E-state index contributed by atoms with van der Waals surface area (Å²) in [5, 5.41) is 10.4. The zero-order valence-corrected chi connectivity index (χ0v) is 13.9. The third kappa shape index (κ3) is 4.09. The van der Waals surface area contributed by atoms with E-state index in [9.17, 15) is 9.90 Å². The summed E-state index contributed by atoms with van der Waals surface area (Å²) in [4.78, 5) is 17.5. The Bertz CT molecular complexity index is 619. The van der Waals surface area contributed by atoms with Crippen molar-refractivity contribution < 1.29 is 14.6 Å². The Hall–Kier alpha value is -1.47. The average molecular weight is 334 g/mol. The Labute approximate surface area is 140 Å². The van der Waals surface area contributed by atoms with E-state index < -0.39 is 0 Å². The molecule has 1 fully saturated rings. The number of hydrogen-bond donors (Lipinski definition) is 1. The molecule has 1 saturated heterocycles. The van der Waals surface area contributed by atoms with Gasteiger partial charge in [0.1, 0.15) is 0 Å². The summed E-state index contributed by atoms with van der Waals surface area (Å²) in [6.45, 7) is 5.13. The van der Waals surface area contributed by atoms with Crippen molar-refractivity contribution in [1.82, 2.24) is 9.80 Å². The summed E-state index contributed by atoms with van der Waals surface area (Å²) >= 11 is 1.51. The van der Waals surface area contributed by atoms with Crippen molar-refractivity contribution in [3.05, 3.63) is 35.2 Å². The van der Waals surface area contributed by atoms with E-state index in [1.807, 2.05) is 30.3 Å². The number of morpholine rings is 1. The highest BCUT2D eigenvalue weighted by Gasteiger charge is 2.19. The summed E-state index contributed by atoms with van der Waals surface area (Å²) in [6, 6.07) is 9.96. The topological polar surface area (TPSA) is 53.0 Å². The van der Waals surface area contributed by atoms with E-state index in [0.717, 1.165) is 47.8 Å². The minimum atomic E-state index is -0.0141. The molecule has 1 aromatic carbocycles. The van der Waals surface area contributed by atoms with Crippen molar-refractivity contribution >= 4 is 27.3 Å². The Balaban J connectivity index is 1.67. The van der Waals surface area contributed by atoms with Crippen LogP contribution in [0.5, 0.6) is 0 Å². The molecule has 0 atom stereocenters. The van der Waals surface area contributed by atoms with Gasteiger partial charge in [0.05, 0.1) is 24.7 Å². The lowest BCUT2D eigenvalue weighted by Gasteiger charge is -2.29. The number of fused-ring (bicyclic) bond motifs is 1. The van der Waals surface area contributed by atoms with Gasteiger partial charge in [0.2, 0.25) is 0 Å². The predicted molar refractivity (Wildman–Crippen MR) is 92.1 cm³/mol. The van der Waals surface area contributed by atoms with E-state index in [2.05, 4.69) is 4.90 Å². The van der Waals surface area contributed by atoms with Crippen LogP contribution in [0, 0.1) is 0 Å². The summed E-state index contributed by atoms with van der Waals surface area (Å²) < 4.78 is 6.46. The smallest absolute Gasteiger partial charge is 0.264 e. The van der Waals surface area contributed by atoms with Gasteiger partial charge in [0.25, 0.3) is 5.91 Å². The lowest BCUT2D eigenvalue weighted by atomic mass is 10.2. The highest BCUT2D eigenvalue weighted by atomic mass is 32.1. The number of nitrogens with zero attached hydrogens (tertiary/aromatic N) is 2. The molecule has 124 valence electrons.